The van der Waals surface area contributed by atoms with E-state index in [4.69, 9.17) is 4.74 Å². The van der Waals surface area contributed by atoms with Crippen molar-refractivity contribution in [2.45, 2.75) is 40.5 Å². The van der Waals surface area contributed by atoms with E-state index in [1.807, 2.05) is 32.9 Å². The zero-order valence-corrected chi connectivity index (χ0v) is 12.7. The van der Waals surface area contributed by atoms with Crippen molar-refractivity contribution in [1.29, 1.82) is 0 Å². The van der Waals surface area contributed by atoms with E-state index in [1.54, 1.807) is 7.11 Å². The summed E-state index contributed by atoms with van der Waals surface area (Å²) in [6.45, 7) is 8.72. The highest BCUT2D eigenvalue weighted by Crippen LogP contribution is 2.52. The van der Waals surface area contributed by atoms with Crippen LogP contribution in [0.5, 0.6) is 0 Å². The predicted octanol–water partition coefficient (Wildman–Crippen LogP) is 3.66. The largest absolute Gasteiger partial charge is 0.481 e. The number of allylic oxidation sites excluding steroid dienone is 2. The van der Waals surface area contributed by atoms with Gasteiger partial charge in [-0.25, -0.2) is 0 Å². The maximum absolute atomic E-state index is 12.0. The van der Waals surface area contributed by atoms with Gasteiger partial charge in [-0.2, -0.15) is 0 Å². The number of ether oxygens (including phenoxy) is 1. The van der Waals surface area contributed by atoms with Gasteiger partial charge in [0, 0.05) is 19.6 Å². The molecule has 0 aromatic rings. The Balaban J connectivity index is 3.23. The molecule has 0 aliphatic heterocycles. The lowest BCUT2D eigenvalue weighted by molar-refractivity contribution is -0.155. The van der Waals surface area contributed by atoms with Crippen LogP contribution in [0.25, 0.3) is 0 Å². The number of hydrogen-bond acceptors (Lipinski definition) is 2. The Morgan fingerprint density at radius 2 is 2.11 bits per heavy atom. The molecule has 3 heteroatoms. The van der Waals surface area contributed by atoms with E-state index in [2.05, 4.69) is 13.0 Å². The second-order valence-electron chi connectivity index (χ2n) is 6.23. The van der Waals surface area contributed by atoms with E-state index in [-0.39, 0.29) is 11.3 Å². The van der Waals surface area contributed by atoms with E-state index in [9.17, 15) is 9.90 Å². The molecule has 1 aliphatic carbocycles. The van der Waals surface area contributed by atoms with Crippen LogP contribution in [-0.4, -0.2) is 24.8 Å². The zero-order valence-electron chi connectivity index (χ0n) is 12.7. The molecule has 19 heavy (non-hydrogen) atoms. The summed E-state index contributed by atoms with van der Waals surface area (Å²) in [5, 5.41) is 9.86. The molecule has 1 rings (SSSR count). The van der Waals surface area contributed by atoms with E-state index in [0.29, 0.717) is 6.61 Å². The third-order valence-electron chi connectivity index (χ3n) is 4.26. The molecule has 0 radical (unpaired) electrons. The van der Waals surface area contributed by atoms with Crippen LogP contribution in [0.15, 0.2) is 23.8 Å². The highest BCUT2D eigenvalue weighted by molar-refractivity contribution is 5.80. The Morgan fingerprint density at radius 3 is 2.53 bits per heavy atom. The fourth-order valence-electron chi connectivity index (χ4n) is 3.22. The molecule has 0 spiro atoms. The van der Waals surface area contributed by atoms with Crippen molar-refractivity contribution >= 4 is 5.97 Å². The molecule has 3 nitrogen and oxygen atoms in total. The van der Waals surface area contributed by atoms with Crippen molar-refractivity contribution < 1.29 is 14.6 Å². The van der Waals surface area contributed by atoms with E-state index < -0.39 is 11.4 Å². The lowest BCUT2D eigenvalue weighted by atomic mass is 9.55. The second kappa shape index (κ2) is 5.91. The van der Waals surface area contributed by atoms with Crippen LogP contribution in [0.2, 0.25) is 0 Å². The first-order chi connectivity index (χ1) is 8.81. The molecule has 0 aromatic carbocycles. The van der Waals surface area contributed by atoms with Crippen molar-refractivity contribution in [3.05, 3.63) is 23.8 Å². The summed E-state index contributed by atoms with van der Waals surface area (Å²) in [4.78, 5) is 12.0. The van der Waals surface area contributed by atoms with E-state index in [0.717, 1.165) is 12.8 Å². The molecule has 0 amide bonds. The van der Waals surface area contributed by atoms with Crippen molar-refractivity contribution in [3.63, 3.8) is 0 Å². The summed E-state index contributed by atoms with van der Waals surface area (Å²) < 4.78 is 5.14. The molecule has 0 fully saturated rings. The molecule has 0 saturated carbocycles. The highest BCUT2D eigenvalue weighted by Gasteiger charge is 2.53. The van der Waals surface area contributed by atoms with Crippen LogP contribution < -0.4 is 0 Å². The van der Waals surface area contributed by atoms with Crippen LogP contribution in [-0.2, 0) is 9.53 Å². The minimum absolute atomic E-state index is 0.0325. The summed E-state index contributed by atoms with van der Waals surface area (Å²) in [7, 11) is 1.67. The topological polar surface area (TPSA) is 46.5 Å². The maximum atomic E-state index is 12.0. The van der Waals surface area contributed by atoms with Crippen LogP contribution in [0.4, 0.5) is 0 Å². The second-order valence-corrected chi connectivity index (χ2v) is 6.23. The minimum atomic E-state index is -0.834. The number of methoxy groups -OCH3 is 1. The number of carboxylic acid groups (broad SMARTS) is 1. The molecule has 0 saturated heterocycles. The number of hydrogen-bond donors (Lipinski definition) is 1. The molecule has 1 aliphatic rings. The van der Waals surface area contributed by atoms with Crippen LogP contribution in [0.1, 0.15) is 40.5 Å². The van der Waals surface area contributed by atoms with Crippen molar-refractivity contribution in [3.8, 4) is 0 Å². The van der Waals surface area contributed by atoms with Crippen molar-refractivity contribution in [2.75, 3.05) is 13.7 Å². The quantitative estimate of drug-likeness (QED) is 0.826. The Kier molecular flexibility index (Phi) is 4.97. The zero-order chi connectivity index (χ0) is 14.7. The van der Waals surface area contributed by atoms with Gasteiger partial charge < -0.3 is 9.84 Å². The van der Waals surface area contributed by atoms with Gasteiger partial charge in [-0.1, -0.05) is 51.5 Å². The smallest absolute Gasteiger partial charge is 0.314 e. The molecule has 2 unspecified atom stereocenters. The van der Waals surface area contributed by atoms with Crippen LogP contribution >= 0.6 is 0 Å². The lowest BCUT2D eigenvalue weighted by Crippen LogP contribution is -2.48. The molecular weight excluding hydrogens is 240 g/mol. The molecule has 0 bridgehead atoms. The third kappa shape index (κ3) is 2.76. The monoisotopic (exact) mass is 266 g/mol. The fourth-order valence-corrected chi connectivity index (χ4v) is 3.22. The third-order valence-corrected chi connectivity index (χ3v) is 4.26. The Hall–Kier alpha value is -1.09. The van der Waals surface area contributed by atoms with Gasteiger partial charge in [-0.05, 0) is 18.3 Å². The highest BCUT2D eigenvalue weighted by atomic mass is 16.5. The van der Waals surface area contributed by atoms with Crippen LogP contribution in [0.3, 0.4) is 0 Å². The SMILES string of the molecule is CCC1C(CCOC)=CC=CC1(C(=O)O)C(C)(C)C. The number of carbonyl (C=O) groups is 1. The number of carboxylic acids is 1. The predicted molar refractivity (Wildman–Crippen MR) is 77.0 cm³/mol. The first kappa shape index (κ1) is 16.0. The number of rotatable bonds is 5. The molecule has 0 heterocycles. The fraction of sp³-hybridized carbons (Fsp3) is 0.688. The summed E-state index contributed by atoms with van der Waals surface area (Å²) in [6.07, 6.45) is 7.45. The minimum Gasteiger partial charge on any atom is -0.481 e. The average Bonchev–Trinajstić information content (AvgIpc) is 2.33. The van der Waals surface area contributed by atoms with Crippen LogP contribution in [0, 0.1) is 16.7 Å². The molecule has 108 valence electrons. The van der Waals surface area contributed by atoms with Gasteiger partial charge in [-0.3, -0.25) is 4.79 Å². The van der Waals surface area contributed by atoms with Gasteiger partial charge >= 0.3 is 5.97 Å². The lowest BCUT2D eigenvalue weighted by Gasteiger charge is -2.47. The average molecular weight is 266 g/mol. The van der Waals surface area contributed by atoms with E-state index in [1.165, 1.54) is 5.57 Å². The maximum Gasteiger partial charge on any atom is 0.314 e. The molecule has 2 atom stereocenters. The van der Waals surface area contributed by atoms with E-state index >= 15 is 0 Å². The van der Waals surface area contributed by atoms with Gasteiger partial charge in [0.1, 0.15) is 0 Å². The van der Waals surface area contributed by atoms with Crippen molar-refractivity contribution in [2.24, 2.45) is 16.7 Å². The number of aliphatic carboxylic acids is 1. The molecule has 1 N–H and O–H groups in total. The molecular formula is C16H26O3. The Morgan fingerprint density at radius 1 is 1.47 bits per heavy atom. The summed E-state index contributed by atoms with van der Waals surface area (Å²) in [6, 6.07) is 0. The normalized spacial score (nSPS) is 27.2. The first-order valence-electron chi connectivity index (χ1n) is 6.91. The first-order valence-corrected chi connectivity index (χ1v) is 6.91. The summed E-state index contributed by atoms with van der Waals surface area (Å²) >= 11 is 0. The van der Waals surface area contributed by atoms with Gasteiger partial charge in [-0.15, -0.1) is 0 Å². The van der Waals surface area contributed by atoms with Gasteiger partial charge in [0.25, 0.3) is 0 Å². The van der Waals surface area contributed by atoms with Crippen molar-refractivity contribution in [1.82, 2.24) is 0 Å². The van der Waals surface area contributed by atoms with Gasteiger partial charge in [0.2, 0.25) is 0 Å². The summed E-state index contributed by atoms with van der Waals surface area (Å²) in [5.74, 6) is -0.698. The summed E-state index contributed by atoms with van der Waals surface area (Å²) in [5.41, 5.74) is 0.0199. The van der Waals surface area contributed by atoms with Gasteiger partial charge in [0.05, 0.1) is 5.41 Å². The Bertz CT molecular complexity index is 387. The Labute approximate surface area is 116 Å². The standard InChI is InChI=1S/C16H26O3/c1-6-13-12(9-11-19-5)8-7-10-16(13,14(17)18)15(2,3)4/h7-8,10,13H,6,9,11H2,1-5H3,(H,17,18). The molecule has 0 aromatic heterocycles. The van der Waals surface area contributed by atoms with Gasteiger partial charge in [0.15, 0.2) is 0 Å².